The predicted molar refractivity (Wildman–Crippen MR) is 113 cm³/mol. The largest absolute Gasteiger partial charge is 0.321 e. The van der Waals surface area contributed by atoms with E-state index < -0.39 is 27.2 Å². The van der Waals surface area contributed by atoms with Gasteiger partial charge in [-0.3, -0.25) is 29.8 Å². The third-order valence-electron chi connectivity index (χ3n) is 4.73. The normalized spacial score (nSPS) is 11.6. The van der Waals surface area contributed by atoms with Gasteiger partial charge in [-0.1, -0.05) is 23.2 Å². The lowest BCUT2D eigenvalue weighted by atomic mass is 9.97. The van der Waals surface area contributed by atoms with E-state index in [2.05, 4.69) is 5.32 Å². The third kappa shape index (κ3) is 3.49. The number of carbonyl (C=O) groups is 2. The minimum Gasteiger partial charge on any atom is -0.321 e. The number of carbonyl (C=O) groups excluding carboxylic acids is 2. The average Bonchev–Trinajstić information content (AvgIpc) is 3.01. The molecule has 0 atom stereocenters. The Hall–Kier alpha value is -3.82. The minimum atomic E-state index is -0.747. The summed E-state index contributed by atoms with van der Waals surface area (Å²) in [5, 5.41) is 25.5. The van der Waals surface area contributed by atoms with E-state index in [1.54, 1.807) is 0 Å². The van der Waals surface area contributed by atoms with E-state index in [-0.39, 0.29) is 44.2 Å². The van der Waals surface area contributed by atoms with Crippen molar-refractivity contribution in [1.82, 2.24) is 0 Å². The van der Waals surface area contributed by atoms with Gasteiger partial charge >= 0.3 is 0 Å². The zero-order valence-electron chi connectivity index (χ0n) is 15.2. The number of nitrogens with zero attached hydrogens (tertiary/aromatic N) is 2. The molecule has 9 nitrogen and oxygen atoms in total. The van der Waals surface area contributed by atoms with Gasteiger partial charge in [0.15, 0.2) is 5.78 Å². The van der Waals surface area contributed by atoms with E-state index in [0.717, 1.165) is 18.2 Å². The highest BCUT2D eigenvalue weighted by molar-refractivity contribution is 6.37. The minimum absolute atomic E-state index is 0.0109. The number of ketones is 1. The van der Waals surface area contributed by atoms with Crippen LogP contribution in [-0.4, -0.2) is 21.5 Å². The number of amides is 1. The fraction of sp³-hybridized carbons (Fsp3) is 0. The molecule has 1 aliphatic rings. The van der Waals surface area contributed by atoms with Crippen molar-refractivity contribution < 1.29 is 19.4 Å². The molecule has 31 heavy (non-hydrogen) atoms. The number of anilines is 1. The molecule has 0 heterocycles. The van der Waals surface area contributed by atoms with Crippen LogP contribution in [0.2, 0.25) is 10.0 Å². The van der Waals surface area contributed by atoms with Crippen LogP contribution in [0.15, 0.2) is 48.5 Å². The van der Waals surface area contributed by atoms with E-state index in [1.165, 1.54) is 30.3 Å². The molecule has 0 aromatic heterocycles. The molecule has 0 bridgehead atoms. The molecule has 0 saturated carbocycles. The topological polar surface area (TPSA) is 132 Å². The van der Waals surface area contributed by atoms with Crippen LogP contribution in [0.5, 0.6) is 0 Å². The second-order valence-electron chi connectivity index (χ2n) is 6.57. The first kappa shape index (κ1) is 20.5. The van der Waals surface area contributed by atoms with Crippen LogP contribution in [0.3, 0.4) is 0 Å². The monoisotopic (exact) mass is 457 g/mol. The molecule has 1 amide bonds. The average molecular weight is 458 g/mol. The lowest BCUT2D eigenvalue weighted by Gasteiger charge is -2.11. The van der Waals surface area contributed by atoms with Crippen molar-refractivity contribution in [3.8, 4) is 11.1 Å². The number of nitro groups is 2. The van der Waals surface area contributed by atoms with Crippen molar-refractivity contribution >= 4 is 52.0 Å². The molecule has 0 fully saturated rings. The highest BCUT2D eigenvalue weighted by Crippen LogP contribution is 2.42. The highest BCUT2D eigenvalue weighted by Gasteiger charge is 2.34. The number of rotatable bonds is 4. The standard InChI is InChI=1S/C20H9Cl2N3O6/c21-9-1-4-17(16(22)5-9)23-20(27)15-8-11(25(30)31)7-14-18(15)12-3-2-10(24(28)29)6-13(12)19(14)26/h1-8H,(H,23,27). The molecule has 1 aliphatic carbocycles. The second-order valence-corrected chi connectivity index (χ2v) is 7.41. The van der Waals surface area contributed by atoms with Crippen molar-refractivity contribution in [1.29, 1.82) is 0 Å². The van der Waals surface area contributed by atoms with Gasteiger partial charge in [-0.05, 0) is 29.8 Å². The summed E-state index contributed by atoms with van der Waals surface area (Å²) in [4.78, 5) is 47.0. The van der Waals surface area contributed by atoms with Crippen molar-refractivity contribution in [2.75, 3.05) is 5.32 Å². The van der Waals surface area contributed by atoms with Crippen molar-refractivity contribution in [2.24, 2.45) is 0 Å². The van der Waals surface area contributed by atoms with E-state index >= 15 is 0 Å². The van der Waals surface area contributed by atoms with Crippen molar-refractivity contribution in [3.05, 3.63) is 95.5 Å². The molecule has 0 saturated heterocycles. The Kier molecular flexibility index (Phi) is 4.92. The molecular weight excluding hydrogens is 449 g/mol. The van der Waals surface area contributed by atoms with E-state index in [1.807, 2.05) is 0 Å². The third-order valence-corrected chi connectivity index (χ3v) is 5.28. The lowest BCUT2D eigenvalue weighted by Crippen LogP contribution is -2.14. The Morgan fingerprint density at radius 3 is 2.16 bits per heavy atom. The zero-order valence-corrected chi connectivity index (χ0v) is 16.7. The first-order chi connectivity index (χ1) is 14.7. The quantitative estimate of drug-likeness (QED) is 0.327. The lowest BCUT2D eigenvalue weighted by molar-refractivity contribution is -0.385. The number of halogens is 2. The molecular formula is C20H9Cl2N3O6. The van der Waals surface area contributed by atoms with Gasteiger partial charge in [0.05, 0.1) is 26.1 Å². The number of non-ortho nitro benzene ring substituents is 2. The number of hydrogen-bond donors (Lipinski definition) is 1. The number of hydrogen-bond acceptors (Lipinski definition) is 6. The van der Waals surface area contributed by atoms with E-state index in [9.17, 15) is 29.8 Å². The molecule has 0 radical (unpaired) electrons. The van der Waals surface area contributed by atoms with E-state index in [0.29, 0.717) is 5.02 Å². The van der Waals surface area contributed by atoms with Crippen LogP contribution < -0.4 is 5.32 Å². The Bertz CT molecular complexity index is 1340. The molecule has 0 aliphatic heterocycles. The zero-order chi connectivity index (χ0) is 22.4. The predicted octanol–water partition coefficient (Wildman–Crippen LogP) is 5.27. The van der Waals surface area contributed by atoms with Crippen molar-refractivity contribution in [2.45, 2.75) is 0 Å². The number of benzene rings is 3. The van der Waals surface area contributed by atoms with Crippen LogP contribution in [0.4, 0.5) is 17.1 Å². The summed E-state index contributed by atoms with van der Waals surface area (Å²) in [6.07, 6.45) is 0. The first-order valence-corrected chi connectivity index (χ1v) is 9.35. The van der Waals surface area contributed by atoms with Gasteiger partial charge in [0.1, 0.15) is 0 Å². The maximum Gasteiger partial charge on any atom is 0.271 e. The van der Waals surface area contributed by atoms with Crippen LogP contribution in [0, 0.1) is 20.2 Å². The first-order valence-electron chi connectivity index (χ1n) is 8.59. The Morgan fingerprint density at radius 2 is 1.52 bits per heavy atom. The fourth-order valence-corrected chi connectivity index (χ4v) is 3.81. The summed E-state index contributed by atoms with van der Waals surface area (Å²) >= 11 is 11.9. The van der Waals surface area contributed by atoms with Crippen LogP contribution in [0.25, 0.3) is 11.1 Å². The van der Waals surface area contributed by atoms with Gasteiger partial charge in [-0.25, -0.2) is 0 Å². The summed E-state index contributed by atoms with van der Waals surface area (Å²) in [7, 11) is 0. The smallest absolute Gasteiger partial charge is 0.271 e. The Labute approximate surface area is 183 Å². The van der Waals surface area contributed by atoms with Crippen LogP contribution in [-0.2, 0) is 0 Å². The fourth-order valence-electron chi connectivity index (χ4n) is 3.36. The van der Waals surface area contributed by atoms with Gasteiger partial charge in [0.2, 0.25) is 0 Å². The molecule has 1 N–H and O–H groups in total. The van der Waals surface area contributed by atoms with Gasteiger partial charge in [-0.15, -0.1) is 0 Å². The van der Waals surface area contributed by atoms with Gasteiger partial charge in [0.25, 0.3) is 17.3 Å². The number of nitro benzene ring substituents is 2. The van der Waals surface area contributed by atoms with Crippen LogP contribution >= 0.6 is 23.2 Å². The number of nitrogens with one attached hydrogen (secondary N) is 1. The second kappa shape index (κ2) is 7.46. The molecule has 154 valence electrons. The Balaban J connectivity index is 1.88. The summed E-state index contributed by atoms with van der Waals surface area (Å²) < 4.78 is 0. The van der Waals surface area contributed by atoms with E-state index in [4.69, 9.17) is 23.2 Å². The molecule has 0 unspecified atom stereocenters. The molecule has 11 heteroatoms. The summed E-state index contributed by atoms with van der Waals surface area (Å²) in [6.45, 7) is 0. The molecule has 3 aromatic carbocycles. The molecule has 4 rings (SSSR count). The number of fused-ring (bicyclic) bond motifs is 3. The molecule has 0 spiro atoms. The van der Waals surface area contributed by atoms with Crippen molar-refractivity contribution in [3.63, 3.8) is 0 Å². The highest BCUT2D eigenvalue weighted by atomic mass is 35.5. The summed E-state index contributed by atoms with van der Waals surface area (Å²) in [6, 6.07) is 10.1. The Morgan fingerprint density at radius 1 is 0.839 bits per heavy atom. The molecule has 3 aromatic rings. The van der Waals surface area contributed by atoms with Crippen LogP contribution in [0.1, 0.15) is 26.3 Å². The van der Waals surface area contributed by atoms with Gasteiger partial charge in [-0.2, -0.15) is 0 Å². The summed E-state index contributed by atoms with van der Waals surface area (Å²) in [5.41, 5.74) is -0.382. The van der Waals surface area contributed by atoms with Gasteiger partial charge < -0.3 is 5.32 Å². The summed E-state index contributed by atoms with van der Waals surface area (Å²) in [5.74, 6) is -1.39. The van der Waals surface area contributed by atoms with Gasteiger partial charge in [0, 0.05) is 46.0 Å². The SMILES string of the molecule is O=C(Nc1ccc(Cl)cc1Cl)c1cc([N+](=O)[O-])cc2c1-c1ccc([N+](=O)[O-])cc1C2=O. The maximum atomic E-state index is 13.0. The maximum absolute atomic E-state index is 13.0.